The Labute approximate surface area is 153 Å². The predicted octanol–water partition coefficient (Wildman–Crippen LogP) is 4.32. The third-order valence-electron chi connectivity index (χ3n) is 4.20. The first-order chi connectivity index (χ1) is 9.04. The average Bonchev–Trinajstić information content (AvgIpc) is 2.39. The van der Waals surface area contributed by atoms with Crippen molar-refractivity contribution in [2.24, 2.45) is 11.8 Å². The molecule has 0 spiro atoms. The van der Waals surface area contributed by atoms with Gasteiger partial charge in [0.2, 0.25) is 0 Å². The fourth-order valence-electron chi connectivity index (χ4n) is 2.69. The van der Waals surface area contributed by atoms with Crippen LogP contribution in [0, 0.1) is 11.8 Å². The van der Waals surface area contributed by atoms with Gasteiger partial charge in [-0.2, -0.15) is 0 Å². The Bertz CT molecular complexity index is 185. The van der Waals surface area contributed by atoms with Crippen LogP contribution >= 0.6 is 0 Å². The Balaban J connectivity index is 0. The zero-order valence-electron chi connectivity index (χ0n) is 14.6. The van der Waals surface area contributed by atoms with E-state index in [-0.39, 0.29) is 32.7 Å². The topological polar surface area (TPSA) is 23.5 Å². The summed E-state index contributed by atoms with van der Waals surface area (Å²) in [5, 5.41) is 8.79. The van der Waals surface area contributed by atoms with Crippen LogP contribution in [0.5, 0.6) is 0 Å². The van der Waals surface area contributed by atoms with Crippen molar-refractivity contribution >= 4 is 0 Å². The molecule has 1 N–H and O–H groups in total. The van der Waals surface area contributed by atoms with Crippen LogP contribution in [0.15, 0.2) is 0 Å². The minimum absolute atomic E-state index is 0. The molecule has 0 aromatic heterocycles. The Morgan fingerprint density at radius 2 is 1.50 bits per heavy atom. The van der Waals surface area contributed by atoms with Gasteiger partial charge in [-0.15, -0.1) is 0 Å². The zero-order chi connectivity index (χ0) is 14.7. The first-order valence-corrected chi connectivity index (χ1v) is 8.39. The summed E-state index contributed by atoms with van der Waals surface area (Å²) < 4.78 is 0. The molecule has 0 aromatic carbocycles. The minimum atomic E-state index is 0. The van der Waals surface area contributed by atoms with Gasteiger partial charge in [0.1, 0.15) is 0 Å². The fourth-order valence-corrected chi connectivity index (χ4v) is 2.69. The number of likely N-dealkylation sites (tertiary alicyclic amines) is 1. The van der Waals surface area contributed by atoms with Crippen molar-refractivity contribution in [1.82, 2.24) is 4.90 Å². The van der Waals surface area contributed by atoms with Crippen LogP contribution in [0.1, 0.15) is 73.1 Å². The molecule has 20 heavy (non-hydrogen) atoms. The smallest absolute Gasteiger partial charge is 0.0459 e. The van der Waals surface area contributed by atoms with E-state index in [4.69, 9.17) is 5.11 Å². The first-order valence-electron chi connectivity index (χ1n) is 8.39. The predicted molar refractivity (Wildman–Crippen MR) is 85.5 cm³/mol. The third kappa shape index (κ3) is 11.7. The van der Waals surface area contributed by atoms with Crippen LogP contribution in [0.25, 0.3) is 0 Å². The van der Waals surface area contributed by atoms with Crippen LogP contribution in [0.4, 0.5) is 0 Å². The molecule has 1 heterocycles. The van der Waals surface area contributed by atoms with Gasteiger partial charge in [0.15, 0.2) is 0 Å². The minimum Gasteiger partial charge on any atom is -0.396 e. The maximum atomic E-state index is 8.79. The standard InChI is InChI=1S/C9H19N.C8H18O.Y/c1-8(2)10-6-4-9(3)5-7-10;1-3-5-8(7-9)6-4-2;/h8-9H,4-7H2,1-3H3;8-9H,3-7H2,1-2H3;. The normalized spacial score (nSPS) is 16.8. The molecule has 0 aliphatic carbocycles. The van der Waals surface area contributed by atoms with Crippen molar-refractivity contribution in [1.29, 1.82) is 0 Å². The Kier molecular flexibility index (Phi) is 17.4. The summed E-state index contributed by atoms with van der Waals surface area (Å²) in [6.07, 6.45) is 7.57. The number of piperidine rings is 1. The van der Waals surface area contributed by atoms with E-state index in [9.17, 15) is 0 Å². The van der Waals surface area contributed by atoms with Crippen LogP contribution in [0.3, 0.4) is 0 Å². The molecular weight excluding hydrogens is 323 g/mol. The van der Waals surface area contributed by atoms with E-state index in [0.29, 0.717) is 12.5 Å². The summed E-state index contributed by atoms with van der Waals surface area (Å²) in [5.41, 5.74) is 0. The molecule has 0 amide bonds. The van der Waals surface area contributed by atoms with Crippen LogP contribution in [-0.4, -0.2) is 35.7 Å². The number of aliphatic hydroxyl groups is 1. The van der Waals surface area contributed by atoms with Gasteiger partial charge in [-0.25, -0.2) is 0 Å². The summed E-state index contributed by atoms with van der Waals surface area (Å²) >= 11 is 0. The van der Waals surface area contributed by atoms with Crippen LogP contribution < -0.4 is 0 Å². The number of rotatable bonds is 6. The van der Waals surface area contributed by atoms with Gasteiger partial charge < -0.3 is 10.0 Å². The summed E-state index contributed by atoms with van der Waals surface area (Å²) in [7, 11) is 0. The van der Waals surface area contributed by atoms with Crippen molar-refractivity contribution in [3.8, 4) is 0 Å². The third-order valence-corrected chi connectivity index (χ3v) is 4.20. The number of hydrogen-bond donors (Lipinski definition) is 1. The van der Waals surface area contributed by atoms with Gasteiger partial charge in [-0.05, 0) is 64.5 Å². The van der Waals surface area contributed by atoms with Gasteiger partial charge >= 0.3 is 0 Å². The molecule has 119 valence electrons. The summed E-state index contributed by atoms with van der Waals surface area (Å²) in [4.78, 5) is 2.57. The Hall–Kier alpha value is 1.02. The monoisotopic (exact) mass is 360 g/mol. The number of aliphatic hydroxyl groups excluding tert-OH is 1. The molecular formula is C17H37NOY. The maximum absolute atomic E-state index is 8.79. The van der Waals surface area contributed by atoms with Crippen molar-refractivity contribution in [2.75, 3.05) is 19.7 Å². The summed E-state index contributed by atoms with van der Waals surface area (Å²) in [5.74, 6) is 1.54. The van der Waals surface area contributed by atoms with Gasteiger partial charge in [0, 0.05) is 45.4 Å². The van der Waals surface area contributed by atoms with Gasteiger partial charge in [0.05, 0.1) is 0 Å². The molecule has 1 fully saturated rings. The Morgan fingerprint density at radius 1 is 1.05 bits per heavy atom. The first kappa shape index (κ1) is 23.3. The van der Waals surface area contributed by atoms with E-state index in [2.05, 4.69) is 39.5 Å². The van der Waals surface area contributed by atoms with Crippen molar-refractivity contribution < 1.29 is 37.8 Å². The van der Waals surface area contributed by atoms with Crippen molar-refractivity contribution in [2.45, 2.75) is 79.2 Å². The fraction of sp³-hybridized carbons (Fsp3) is 1.00. The van der Waals surface area contributed by atoms with Crippen LogP contribution in [-0.2, 0) is 32.7 Å². The zero-order valence-corrected chi connectivity index (χ0v) is 17.4. The summed E-state index contributed by atoms with van der Waals surface area (Å²) in [6, 6.07) is 0.757. The van der Waals surface area contributed by atoms with E-state index in [1.165, 1.54) is 51.6 Å². The van der Waals surface area contributed by atoms with Gasteiger partial charge in [-0.3, -0.25) is 0 Å². The average molecular weight is 360 g/mol. The SMILES string of the molecule is CC1CCN(C(C)C)CC1.CCCC(CO)CCC.[Y]. The number of hydrogen-bond acceptors (Lipinski definition) is 2. The molecule has 1 rings (SSSR count). The number of nitrogens with zero attached hydrogens (tertiary/aromatic N) is 1. The molecule has 1 aliphatic heterocycles. The van der Waals surface area contributed by atoms with Gasteiger partial charge in [-0.1, -0.05) is 33.6 Å². The van der Waals surface area contributed by atoms with Crippen LogP contribution in [0.2, 0.25) is 0 Å². The quantitative estimate of drug-likeness (QED) is 0.763. The second-order valence-corrected chi connectivity index (χ2v) is 6.44. The van der Waals surface area contributed by atoms with Gasteiger partial charge in [0.25, 0.3) is 0 Å². The van der Waals surface area contributed by atoms with Crippen molar-refractivity contribution in [3.05, 3.63) is 0 Å². The van der Waals surface area contributed by atoms with E-state index >= 15 is 0 Å². The molecule has 0 unspecified atom stereocenters. The molecule has 1 aliphatic rings. The largest absolute Gasteiger partial charge is 0.396 e. The second kappa shape index (κ2) is 14.9. The van der Waals surface area contributed by atoms with E-state index in [1.54, 1.807) is 0 Å². The molecule has 2 nitrogen and oxygen atoms in total. The maximum Gasteiger partial charge on any atom is 0.0459 e. The molecule has 0 saturated carbocycles. The molecule has 3 heteroatoms. The molecule has 0 aromatic rings. The molecule has 0 bridgehead atoms. The molecule has 0 atom stereocenters. The summed E-state index contributed by atoms with van der Waals surface area (Å²) in [6.45, 7) is 14.3. The van der Waals surface area contributed by atoms with E-state index < -0.39 is 0 Å². The van der Waals surface area contributed by atoms with E-state index in [1.807, 2.05) is 0 Å². The Morgan fingerprint density at radius 3 is 1.80 bits per heavy atom. The molecule has 1 saturated heterocycles. The van der Waals surface area contributed by atoms with E-state index in [0.717, 1.165) is 12.0 Å². The second-order valence-electron chi connectivity index (χ2n) is 6.44. The molecule has 1 radical (unpaired) electrons. The van der Waals surface area contributed by atoms with Crippen molar-refractivity contribution in [3.63, 3.8) is 0 Å².